The summed E-state index contributed by atoms with van der Waals surface area (Å²) in [6.07, 6.45) is 3.51. The highest BCUT2D eigenvalue weighted by atomic mass is 16.6. The molecule has 1 aliphatic heterocycles. The molecule has 5 nitrogen and oxygen atoms in total. The monoisotopic (exact) mass is 331 g/mol. The zero-order valence-electron chi connectivity index (χ0n) is 14.6. The van der Waals surface area contributed by atoms with Crippen molar-refractivity contribution < 1.29 is 19.4 Å². The molecule has 24 heavy (non-hydrogen) atoms. The minimum atomic E-state index is -0.749. The van der Waals surface area contributed by atoms with Crippen LogP contribution in [0.5, 0.6) is 0 Å². The van der Waals surface area contributed by atoms with E-state index >= 15 is 0 Å². The maximum absolute atomic E-state index is 12.4. The van der Waals surface area contributed by atoms with Crippen LogP contribution >= 0.6 is 0 Å². The smallest absolute Gasteiger partial charge is 0.414 e. The second-order valence-corrected chi connectivity index (χ2v) is 7.93. The summed E-state index contributed by atoms with van der Waals surface area (Å²) in [6, 6.07) is 6.04. The normalized spacial score (nSPS) is 18.7. The zero-order valence-corrected chi connectivity index (χ0v) is 14.6. The number of hydrogen-bond acceptors (Lipinski definition) is 3. The van der Waals surface area contributed by atoms with E-state index < -0.39 is 11.6 Å². The highest BCUT2D eigenvalue weighted by Crippen LogP contribution is 2.52. The van der Waals surface area contributed by atoms with E-state index in [1.54, 1.807) is 4.90 Å². The first-order valence-corrected chi connectivity index (χ1v) is 8.56. The molecule has 2 aliphatic rings. The Hall–Kier alpha value is -2.04. The lowest BCUT2D eigenvalue weighted by molar-refractivity contribution is -0.137. The predicted octanol–water partition coefficient (Wildman–Crippen LogP) is 3.88. The summed E-state index contributed by atoms with van der Waals surface area (Å²) in [7, 11) is 0. The van der Waals surface area contributed by atoms with Gasteiger partial charge in [-0.25, -0.2) is 4.79 Å². The molecule has 1 aromatic rings. The molecule has 1 amide bonds. The van der Waals surface area contributed by atoms with Gasteiger partial charge in [0.05, 0.1) is 12.1 Å². The maximum Gasteiger partial charge on any atom is 0.414 e. The molecular formula is C19H25NO4. The third-order valence-electron chi connectivity index (χ3n) is 4.77. The Balaban J connectivity index is 1.85. The quantitative estimate of drug-likeness (QED) is 0.913. The summed E-state index contributed by atoms with van der Waals surface area (Å²) in [6.45, 7) is 6.24. The second kappa shape index (κ2) is 5.80. The van der Waals surface area contributed by atoms with Crippen molar-refractivity contribution in [2.45, 2.75) is 63.9 Å². The van der Waals surface area contributed by atoms with Gasteiger partial charge in [-0.1, -0.05) is 12.1 Å². The second-order valence-electron chi connectivity index (χ2n) is 7.93. The van der Waals surface area contributed by atoms with Gasteiger partial charge in [-0.2, -0.15) is 0 Å². The number of benzene rings is 1. The van der Waals surface area contributed by atoms with Crippen LogP contribution in [-0.2, 0) is 21.4 Å². The standard InChI is InChI=1S/C19H25NO4/c1-18(2,3)24-17(23)20-10-4-5-13-11-14(6-7-15(13)20)19(8-9-19)12-16(21)22/h6-7,11H,4-5,8-10,12H2,1-3H3,(H,21,22). The topological polar surface area (TPSA) is 66.8 Å². The van der Waals surface area contributed by atoms with Gasteiger partial charge in [-0.05, 0) is 63.6 Å². The van der Waals surface area contributed by atoms with Gasteiger partial charge in [0.1, 0.15) is 5.60 Å². The van der Waals surface area contributed by atoms with Crippen molar-refractivity contribution in [1.29, 1.82) is 0 Å². The van der Waals surface area contributed by atoms with Gasteiger partial charge in [-0.3, -0.25) is 9.69 Å². The fraction of sp³-hybridized carbons (Fsp3) is 0.579. The summed E-state index contributed by atoms with van der Waals surface area (Å²) in [4.78, 5) is 25.3. The summed E-state index contributed by atoms with van der Waals surface area (Å²) in [5.74, 6) is -0.749. The number of carbonyl (C=O) groups is 2. The number of fused-ring (bicyclic) bond motifs is 1. The molecule has 1 heterocycles. The fourth-order valence-electron chi connectivity index (χ4n) is 3.44. The van der Waals surface area contributed by atoms with Gasteiger partial charge < -0.3 is 9.84 Å². The highest BCUT2D eigenvalue weighted by molar-refractivity contribution is 5.89. The molecule has 130 valence electrons. The molecule has 1 N–H and O–H groups in total. The number of aliphatic carboxylic acids is 1. The van der Waals surface area contributed by atoms with E-state index in [2.05, 4.69) is 6.07 Å². The summed E-state index contributed by atoms with van der Waals surface area (Å²) < 4.78 is 5.51. The Morgan fingerprint density at radius 2 is 2.00 bits per heavy atom. The van der Waals surface area contributed by atoms with Crippen molar-refractivity contribution in [3.8, 4) is 0 Å². The lowest BCUT2D eigenvalue weighted by Gasteiger charge is -2.32. The fourth-order valence-corrected chi connectivity index (χ4v) is 3.44. The van der Waals surface area contributed by atoms with Crippen molar-refractivity contribution in [1.82, 2.24) is 0 Å². The molecule has 0 aromatic heterocycles. The zero-order chi connectivity index (χ0) is 17.5. The minimum Gasteiger partial charge on any atom is -0.481 e. The van der Waals surface area contributed by atoms with E-state index in [9.17, 15) is 9.59 Å². The van der Waals surface area contributed by atoms with E-state index in [-0.39, 0.29) is 17.9 Å². The lowest BCUT2D eigenvalue weighted by atomic mass is 9.89. The Morgan fingerprint density at radius 1 is 1.29 bits per heavy atom. The van der Waals surface area contributed by atoms with Crippen molar-refractivity contribution in [2.75, 3.05) is 11.4 Å². The Kier molecular flexibility index (Phi) is 4.06. The van der Waals surface area contributed by atoms with E-state index in [1.165, 1.54) is 0 Å². The summed E-state index contributed by atoms with van der Waals surface area (Å²) >= 11 is 0. The molecule has 1 aromatic carbocycles. The van der Waals surface area contributed by atoms with Gasteiger partial charge in [0, 0.05) is 12.0 Å². The predicted molar refractivity (Wildman–Crippen MR) is 91.5 cm³/mol. The van der Waals surface area contributed by atoms with Crippen molar-refractivity contribution in [3.63, 3.8) is 0 Å². The number of anilines is 1. The highest BCUT2D eigenvalue weighted by Gasteiger charge is 2.46. The Labute approximate surface area is 142 Å². The van der Waals surface area contributed by atoms with Crippen molar-refractivity contribution in [3.05, 3.63) is 29.3 Å². The van der Waals surface area contributed by atoms with Crippen molar-refractivity contribution >= 4 is 17.7 Å². The average molecular weight is 331 g/mol. The van der Waals surface area contributed by atoms with Crippen LogP contribution in [0.15, 0.2) is 18.2 Å². The molecular weight excluding hydrogens is 306 g/mol. The molecule has 1 saturated carbocycles. The molecule has 3 rings (SSSR count). The molecule has 1 fully saturated rings. The van der Waals surface area contributed by atoms with Crippen LogP contribution in [0.25, 0.3) is 0 Å². The number of carboxylic acids is 1. The number of nitrogens with zero attached hydrogens (tertiary/aromatic N) is 1. The number of carbonyl (C=O) groups excluding carboxylic acids is 1. The van der Waals surface area contributed by atoms with Crippen LogP contribution in [-0.4, -0.2) is 29.3 Å². The Morgan fingerprint density at radius 3 is 2.58 bits per heavy atom. The van der Waals surface area contributed by atoms with Crippen LogP contribution in [0.2, 0.25) is 0 Å². The van der Waals surface area contributed by atoms with Crippen LogP contribution < -0.4 is 4.90 Å². The lowest BCUT2D eigenvalue weighted by Crippen LogP contribution is -2.39. The van der Waals surface area contributed by atoms with Crippen LogP contribution in [0.3, 0.4) is 0 Å². The Bertz CT molecular complexity index is 670. The van der Waals surface area contributed by atoms with Gasteiger partial charge in [0.25, 0.3) is 0 Å². The van der Waals surface area contributed by atoms with E-state index in [0.717, 1.165) is 42.5 Å². The molecule has 1 aliphatic carbocycles. The third-order valence-corrected chi connectivity index (χ3v) is 4.77. The number of aryl methyl sites for hydroxylation is 1. The molecule has 0 atom stereocenters. The summed E-state index contributed by atoms with van der Waals surface area (Å²) in [5, 5.41) is 9.14. The van der Waals surface area contributed by atoms with Crippen molar-refractivity contribution in [2.24, 2.45) is 0 Å². The van der Waals surface area contributed by atoms with E-state index in [4.69, 9.17) is 9.84 Å². The SMILES string of the molecule is CC(C)(C)OC(=O)N1CCCc2cc(C3(CC(=O)O)CC3)ccc21. The molecule has 0 radical (unpaired) electrons. The van der Waals surface area contributed by atoms with Gasteiger partial charge >= 0.3 is 12.1 Å². The average Bonchev–Trinajstić information content (AvgIpc) is 3.24. The molecule has 0 unspecified atom stereocenters. The number of carboxylic acid groups (broad SMARTS) is 1. The first kappa shape index (κ1) is 16.8. The van der Waals surface area contributed by atoms with E-state index in [0.29, 0.717) is 6.54 Å². The van der Waals surface area contributed by atoms with Gasteiger partial charge in [-0.15, -0.1) is 0 Å². The minimum absolute atomic E-state index is 0.182. The largest absolute Gasteiger partial charge is 0.481 e. The van der Waals surface area contributed by atoms with E-state index in [1.807, 2.05) is 32.9 Å². The first-order chi connectivity index (χ1) is 11.2. The van der Waals surface area contributed by atoms with Crippen LogP contribution in [0, 0.1) is 0 Å². The van der Waals surface area contributed by atoms with Gasteiger partial charge in [0.2, 0.25) is 0 Å². The number of amides is 1. The molecule has 0 bridgehead atoms. The maximum atomic E-state index is 12.4. The number of rotatable bonds is 3. The first-order valence-electron chi connectivity index (χ1n) is 8.56. The van der Waals surface area contributed by atoms with Gasteiger partial charge in [0.15, 0.2) is 0 Å². The number of hydrogen-bond donors (Lipinski definition) is 1. The molecule has 5 heteroatoms. The third kappa shape index (κ3) is 3.40. The molecule has 0 saturated heterocycles. The number of ether oxygens (including phenoxy) is 1. The summed E-state index contributed by atoms with van der Waals surface area (Å²) in [5.41, 5.74) is 2.38. The van der Waals surface area contributed by atoms with Crippen LogP contribution in [0.1, 0.15) is 57.6 Å². The molecule has 0 spiro atoms. The van der Waals surface area contributed by atoms with Crippen LogP contribution in [0.4, 0.5) is 10.5 Å².